The number of halogens is 1. The van der Waals surface area contributed by atoms with E-state index in [1.807, 2.05) is 0 Å². The van der Waals surface area contributed by atoms with Crippen molar-refractivity contribution < 1.29 is 4.79 Å². The van der Waals surface area contributed by atoms with Crippen LogP contribution in [-0.4, -0.2) is 37.0 Å². The van der Waals surface area contributed by atoms with Crippen LogP contribution in [-0.2, 0) is 0 Å². The SMILES string of the molecule is CN1CC[C@H]2CCC[C@@H](NC(=O)c3ccc(Cl)cc3)[C@@H]2C1. The third-order valence-electron chi connectivity index (χ3n) is 5.04. The van der Waals surface area contributed by atoms with E-state index in [0.717, 1.165) is 18.9 Å². The zero-order valence-electron chi connectivity index (χ0n) is 12.5. The van der Waals surface area contributed by atoms with Gasteiger partial charge >= 0.3 is 0 Å². The van der Waals surface area contributed by atoms with Crippen molar-refractivity contribution in [3.8, 4) is 0 Å². The molecule has 1 aromatic rings. The minimum Gasteiger partial charge on any atom is -0.349 e. The molecular weight excluding hydrogens is 284 g/mol. The van der Waals surface area contributed by atoms with Crippen LogP contribution < -0.4 is 5.32 Å². The average Bonchev–Trinajstić information content (AvgIpc) is 2.48. The number of nitrogens with zero attached hydrogens (tertiary/aromatic N) is 1. The van der Waals surface area contributed by atoms with Crippen molar-refractivity contribution in [2.45, 2.75) is 31.7 Å². The molecule has 2 aliphatic rings. The van der Waals surface area contributed by atoms with Gasteiger partial charge in [0.15, 0.2) is 0 Å². The van der Waals surface area contributed by atoms with E-state index in [1.165, 1.54) is 25.8 Å². The fourth-order valence-corrected chi connectivity index (χ4v) is 3.99. The lowest BCUT2D eigenvalue weighted by Crippen LogP contribution is -2.52. The first-order valence-electron chi connectivity index (χ1n) is 7.88. The van der Waals surface area contributed by atoms with Crippen molar-refractivity contribution in [1.29, 1.82) is 0 Å². The Hall–Kier alpha value is -1.06. The standard InChI is InChI=1S/C17H23ClN2O/c1-20-10-9-12-3-2-4-16(15(12)11-20)19-17(21)13-5-7-14(18)8-6-13/h5-8,12,15-16H,2-4,9-11H2,1H3,(H,19,21)/t12-,15-,16-/m1/s1. The Morgan fingerprint density at radius 2 is 2.00 bits per heavy atom. The third kappa shape index (κ3) is 3.41. The van der Waals surface area contributed by atoms with E-state index in [2.05, 4.69) is 17.3 Å². The molecule has 1 saturated heterocycles. The van der Waals surface area contributed by atoms with E-state index >= 15 is 0 Å². The summed E-state index contributed by atoms with van der Waals surface area (Å²) >= 11 is 5.88. The zero-order valence-corrected chi connectivity index (χ0v) is 13.3. The number of nitrogens with one attached hydrogen (secondary N) is 1. The summed E-state index contributed by atoms with van der Waals surface area (Å²) in [6.07, 6.45) is 4.94. The lowest BCUT2D eigenvalue weighted by molar-refractivity contribution is 0.0650. The first-order valence-corrected chi connectivity index (χ1v) is 8.26. The molecule has 1 saturated carbocycles. The molecule has 21 heavy (non-hydrogen) atoms. The Morgan fingerprint density at radius 3 is 2.76 bits per heavy atom. The topological polar surface area (TPSA) is 32.3 Å². The Labute approximate surface area is 131 Å². The van der Waals surface area contributed by atoms with Gasteiger partial charge in [-0.25, -0.2) is 0 Å². The minimum absolute atomic E-state index is 0.0329. The van der Waals surface area contributed by atoms with Gasteiger partial charge in [-0.05, 0) is 69.0 Å². The van der Waals surface area contributed by atoms with E-state index in [1.54, 1.807) is 24.3 Å². The van der Waals surface area contributed by atoms with E-state index in [-0.39, 0.29) is 5.91 Å². The van der Waals surface area contributed by atoms with Gasteiger partial charge < -0.3 is 10.2 Å². The van der Waals surface area contributed by atoms with Crippen LogP contribution in [0.1, 0.15) is 36.0 Å². The molecule has 4 heteroatoms. The van der Waals surface area contributed by atoms with Gasteiger partial charge in [-0.1, -0.05) is 18.0 Å². The molecule has 3 nitrogen and oxygen atoms in total. The molecule has 1 amide bonds. The van der Waals surface area contributed by atoms with Gasteiger partial charge in [0.2, 0.25) is 0 Å². The second-order valence-corrected chi connectivity index (χ2v) is 6.93. The van der Waals surface area contributed by atoms with Crippen LogP contribution in [0.4, 0.5) is 0 Å². The highest BCUT2D eigenvalue weighted by atomic mass is 35.5. The fourth-order valence-electron chi connectivity index (χ4n) is 3.86. The quantitative estimate of drug-likeness (QED) is 0.910. The number of hydrogen-bond donors (Lipinski definition) is 1. The maximum Gasteiger partial charge on any atom is 0.251 e. The maximum atomic E-state index is 12.4. The average molecular weight is 307 g/mol. The molecule has 1 heterocycles. The van der Waals surface area contributed by atoms with Crippen molar-refractivity contribution >= 4 is 17.5 Å². The van der Waals surface area contributed by atoms with E-state index in [4.69, 9.17) is 11.6 Å². The summed E-state index contributed by atoms with van der Waals surface area (Å²) < 4.78 is 0. The number of carbonyl (C=O) groups is 1. The number of benzene rings is 1. The largest absolute Gasteiger partial charge is 0.349 e. The van der Waals surface area contributed by atoms with Crippen LogP contribution >= 0.6 is 11.6 Å². The smallest absolute Gasteiger partial charge is 0.251 e. The van der Waals surface area contributed by atoms with Crippen molar-refractivity contribution in [3.05, 3.63) is 34.9 Å². The number of hydrogen-bond acceptors (Lipinski definition) is 2. The van der Waals surface area contributed by atoms with Crippen molar-refractivity contribution in [1.82, 2.24) is 10.2 Å². The molecule has 1 aliphatic heterocycles. The number of fused-ring (bicyclic) bond motifs is 1. The van der Waals surface area contributed by atoms with E-state index < -0.39 is 0 Å². The highest BCUT2D eigenvalue weighted by Crippen LogP contribution is 2.36. The van der Waals surface area contributed by atoms with Gasteiger partial charge in [-0.3, -0.25) is 4.79 Å². The van der Waals surface area contributed by atoms with Crippen molar-refractivity contribution in [3.63, 3.8) is 0 Å². The first kappa shape index (κ1) is 14.9. The molecule has 3 rings (SSSR count). The molecule has 2 fully saturated rings. The van der Waals surface area contributed by atoms with Gasteiger partial charge in [0.1, 0.15) is 0 Å². The summed E-state index contributed by atoms with van der Waals surface area (Å²) in [5, 5.41) is 3.93. The maximum absolute atomic E-state index is 12.4. The molecule has 0 spiro atoms. The van der Waals surface area contributed by atoms with Gasteiger partial charge in [0, 0.05) is 23.2 Å². The van der Waals surface area contributed by atoms with Gasteiger partial charge in [0.25, 0.3) is 5.91 Å². The van der Waals surface area contributed by atoms with Gasteiger partial charge in [0.05, 0.1) is 0 Å². The minimum atomic E-state index is 0.0329. The number of likely N-dealkylation sites (tertiary alicyclic amines) is 1. The number of amides is 1. The highest BCUT2D eigenvalue weighted by molar-refractivity contribution is 6.30. The predicted octanol–water partition coefficient (Wildman–Crippen LogP) is 3.19. The molecule has 3 atom stereocenters. The zero-order chi connectivity index (χ0) is 14.8. The normalized spacial score (nSPS) is 29.7. The summed E-state index contributed by atoms with van der Waals surface area (Å²) in [6, 6.07) is 7.45. The molecule has 0 radical (unpaired) electrons. The van der Waals surface area contributed by atoms with Crippen LogP contribution in [0.2, 0.25) is 5.02 Å². The molecule has 1 aliphatic carbocycles. The summed E-state index contributed by atoms with van der Waals surface area (Å²) in [7, 11) is 2.18. The monoisotopic (exact) mass is 306 g/mol. The van der Waals surface area contributed by atoms with Crippen LogP contribution in [0.3, 0.4) is 0 Å². The molecular formula is C17H23ClN2O. The predicted molar refractivity (Wildman–Crippen MR) is 85.7 cm³/mol. The molecule has 114 valence electrons. The number of carbonyl (C=O) groups excluding carboxylic acids is 1. The van der Waals surface area contributed by atoms with Crippen molar-refractivity contribution in [2.75, 3.05) is 20.1 Å². The summed E-state index contributed by atoms with van der Waals surface area (Å²) in [6.45, 7) is 2.30. The van der Waals surface area contributed by atoms with E-state index in [0.29, 0.717) is 22.5 Å². The van der Waals surface area contributed by atoms with Crippen LogP contribution in [0.15, 0.2) is 24.3 Å². The Balaban J connectivity index is 1.68. The van der Waals surface area contributed by atoms with E-state index in [9.17, 15) is 4.79 Å². The van der Waals surface area contributed by atoms with Crippen LogP contribution in [0.5, 0.6) is 0 Å². The molecule has 0 unspecified atom stereocenters. The molecule has 1 aromatic carbocycles. The lowest BCUT2D eigenvalue weighted by Gasteiger charge is -2.44. The Bertz CT molecular complexity index is 502. The van der Waals surface area contributed by atoms with Crippen LogP contribution in [0, 0.1) is 11.8 Å². The molecule has 0 aromatic heterocycles. The second-order valence-electron chi connectivity index (χ2n) is 6.49. The molecule has 0 bridgehead atoms. The van der Waals surface area contributed by atoms with Gasteiger partial charge in [-0.15, -0.1) is 0 Å². The summed E-state index contributed by atoms with van der Waals surface area (Å²) in [5.41, 5.74) is 0.700. The number of rotatable bonds is 2. The van der Waals surface area contributed by atoms with Crippen LogP contribution in [0.25, 0.3) is 0 Å². The highest BCUT2D eigenvalue weighted by Gasteiger charge is 2.37. The van der Waals surface area contributed by atoms with Crippen molar-refractivity contribution in [2.24, 2.45) is 11.8 Å². The molecule has 1 N–H and O–H groups in total. The first-order chi connectivity index (χ1) is 10.1. The van der Waals surface area contributed by atoms with Gasteiger partial charge in [-0.2, -0.15) is 0 Å². The Kier molecular flexibility index (Phi) is 4.51. The second kappa shape index (κ2) is 6.37. The fraction of sp³-hybridized carbons (Fsp3) is 0.588. The summed E-state index contributed by atoms with van der Waals surface area (Å²) in [5.74, 6) is 1.42. The summed E-state index contributed by atoms with van der Waals surface area (Å²) in [4.78, 5) is 14.8. The third-order valence-corrected chi connectivity index (χ3v) is 5.29. The Morgan fingerprint density at radius 1 is 1.24 bits per heavy atom. The number of piperidine rings is 1. The lowest BCUT2D eigenvalue weighted by atomic mass is 9.72.